The minimum atomic E-state index is -1.23. The van der Waals surface area contributed by atoms with E-state index >= 15 is 0 Å². The van der Waals surface area contributed by atoms with Gasteiger partial charge in [-0.2, -0.15) is 5.26 Å². The monoisotopic (exact) mass is 613 g/mol. The highest BCUT2D eigenvalue weighted by Gasteiger charge is 2.39. The summed E-state index contributed by atoms with van der Waals surface area (Å²) in [5, 5.41) is 15.0. The van der Waals surface area contributed by atoms with Crippen LogP contribution in [-0.4, -0.2) is 41.0 Å². The van der Waals surface area contributed by atoms with Crippen LogP contribution >= 0.6 is 22.9 Å². The van der Waals surface area contributed by atoms with Crippen LogP contribution in [-0.2, 0) is 38.4 Å². The molecule has 9 nitrogen and oxygen atoms in total. The highest BCUT2D eigenvalue weighted by molar-refractivity contribution is 7.11. The lowest BCUT2D eigenvalue weighted by Crippen LogP contribution is -2.38. The molecule has 5 rings (SSSR count). The predicted octanol–water partition coefficient (Wildman–Crippen LogP) is 5.02. The van der Waals surface area contributed by atoms with Crippen LogP contribution in [0, 0.1) is 28.9 Å². The number of hydrogen-bond acceptors (Lipinski definition) is 9. The number of methoxy groups -OCH3 is 1. The van der Waals surface area contributed by atoms with Crippen molar-refractivity contribution in [2.45, 2.75) is 45.2 Å². The third kappa shape index (κ3) is 5.54. The zero-order valence-electron chi connectivity index (χ0n) is 22.7. The average molecular weight is 614 g/mol. The van der Waals surface area contributed by atoms with Gasteiger partial charge < -0.3 is 19.4 Å². The van der Waals surface area contributed by atoms with E-state index in [-0.39, 0.29) is 36.1 Å². The van der Waals surface area contributed by atoms with E-state index in [0.717, 1.165) is 17.2 Å². The SMILES string of the molecule is CCOC(=O)C1=C(C2CCc3c(cn(CCC(=O)OC)c3C#N)C2)NC(c2nccs2)=NC1c1ccc(F)c(F)c1Cl. The van der Waals surface area contributed by atoms with Crippen LogP contribution in [0.4, 0.5) is 8.78 Å². The van der Waals surface area contributed by atoms with E-state index in [1.54, 1.807) is 23.1 Å². The predicted molar refractivity (Wildman–Crippen MR) is 151 cm³/mol. The van der Waals surface area contributed by atoms with Gasteiger partial charge >= 0.3 is 11.9 Å². The molecule has 1 aliphatic carbocycles. The summed E-state index contributed by atoms with van der Waals surface area (Å²) in [6.45, 7) is 2.05. The number of allylic oxidation sites excluding steroid dienone is 1. The number of rotatable bonds is 8. The lowest BCUT2D eigenvalue weighted by molar-refractivity contribution is -0.141. The van der Waals surface area contributed by atoms with Gasteiger partial charge in [0.1, 0.15) is 17.8 Å². The maximum Gasteiger partial charge on any atom is 0.338 e. The van der Waals surface area contributed by atoms with Gasteiger partial charge in [-0.25, -0.2) is 18.6 Å². The first-order chi connectivity index (χ1) is 20.3. The van der Waals surface area contributed by atoms with E-state index < -0.39 is 28.7 Å². The van der Waals surface area contributed by atoms with E-state index in [9.17, 15) is 23.6 Å². The lowest BCUT2D eigenvalue weighted by atomic mass is 9.80. The topological polar surface area (TPSA) is 119 Å². The quantitative estimate of drug-likeness (QED) is 0.280. The van der Waals surface area contributed by atoms with Crippen molar-refractivity contribution in [2.24, 2.45) is 10.9 Å². The van der Waals surface area contributed by atoms with E-state index in [4.69, 9.17) is 26.1 Å². The fraction of sp³-hybridized carbons (Fsp3) is 0.345. The number of nitrogens with one attached hydrogen (secondary N) is 1. The first kappa shape index (κ1) is 29.4. The Bertz CT molecular complexity index is 1640. The summed E-state index contributed by atoms with van der Waals surface area (Å²) in [7, 11) is 1.31. The third-order valence-corrected chi connectivity index (χ3v) is 8.51. The molecule has 2 aromatic heterocycles. The van der Waals surface area contributed by atoms with Gasteiger partial charge in [-0.15, -0.1) is 11.3 Å². The highest BCUT2D eigenvalue weighted by Crippen LogP contribution is 2.42. The molecule has 1 aromatic carbocycles. The van der Waals surface area contributed by atoms with E-state index in [2.05, 4.69) is 16.4 Å². The van der Waals surface area contributed by atoms with Crippen LogP contribution in [0.5, 0.6) is 0 Å². The molecule has 42 heavy (non-hydrogen) atoms. The Kier molecular flexibility index (Phi) is 8.70. The van der Waals surface area contributed by atoms with Crippen molar-refractivity contribution < 1.29 is 27.8 Å². The Balaban J connectivity index is 1.61. The summed E-state index contributed by atoms with van der Waals surface area (Å²) in [6.07, 6.45) is 5.15. The number of benzene rings is 1. The Hall–Kier alpha value is -4.08. The van der Waals surface area contributed by atoms with Crippen LogP contribution in [0.25, 0.3) is 0 Å². The van der Waals surface area contributed by atoms with Crippen LogP contribution in [0.15, 0.2) is 46.2 Å². The fourth-order valence-electron chi connectivity index (χ4n) is 5.41. The van der Waals surface area contributed by atoms with Crippen molar-refractivity contribution in [1.29, 1.82) is 5.26 Å². The summed E-state index contributed by atoms with van der Waals surface area (Å²) in [5.41, 5.74) is 3.06. The number of ether oxygens (including phenoxy) is 2. The lowest BCUT2D eigenvalue weighted by Gasteiger charge is -2.33. The second-order valence-corrected chi connectivity index (χ2v) is 11.0. The molecule has 0 spiro atoms. The number of thiazole rings is 1. The number of aryl methyl sites for hydroxylation is 1. The molecule has 3 heterocycles. The van der Waals surface area contributed by atoms with E-state index in [1.165, 1.54) is 24.5 Å². The molecule has 2 unspecified atom stereocenters. The standard InChI is InChI=1S/C29H26ClF2N5O4S/c1-3-41-29(39)22-25(15-4-5-17-16(12-15)14-37(20(17)13-33)10-8-21(38)40-2)35-27(28-34-9-11-42-28)36-26(22)18-6-7-19(31)24(32)23(18)30/h6-7,9,11,14-15,26H,3-5,8,10,12H2,1-2H3,(H,35,36). The second kappa shape index (κ2) is 12.4. The molecular formula is C29H26ClF2N5O4S. The van der Waals surface area contributed by atoms with Gasteiger partial charge in [0, 0.05) is 41.5 Å². The summed E-state index contributed by atoms with van der Waals surface area (Å²) < 4.78 is 40.6. The molecule has 0 bridgehead atoms. The minimum absolute atomic E-state index is 0.0836. The summed E-state index contributed by atoms with van der Waals surface area (Å²) in [6, 6.07) is 3.43. The molecule has 1 N–H and O–H groups in total. The van der Waals surface area contributed by atoms with Crippen molar-refractivity contribution >= 4 is 40.7 Å². The largest absolute Gasteiger partial charge is 0.469 e. The first-order valence-corrected chi connectivity index (χ1v) is 14.5. The zero-order valence-corrected chi connectivity index (χ0v) is 24.3. The van der Waals surface area contributed by atoms with Crippen molar-refractivity contribution in [3.63, 3.8) is 0 Å². The molecule has 13 heteroatoms. The first-order valence-electron chi connectivity index (χ1n) is 13.2. The molecule has 0 saturated heterocycles. The zero-order chi connectivity index (χ0) is 30.0. The Morgan fingerprint density at radius 3 is 2.83 bits per heavy atom. The molecule has 0 radical (unpaired) electrons. The maximum atomic E-state index is 14.6. The number of amidine groups is 1. The number of carbonyl (C=O) groups is 2. The van der Waals surface area contributed by atoms with Gasteiger partial charge in [0.2, 0.25) is 0 Å². The molecule has 0 amide bonds. The molecule has 2 atom stereocenters. The molecule has 218 valence electrons. The Morgan fingerprint density at radius 1 is 1.33 bits per heavy atom. The molecule has 3 aromatic rings. The summed E-state index contributed by atoms with van der Waals surface area (Å²) in [4.78, 5) is 34.3. The van der Waals surface area contributed by atoms with Crippen molar-refractivity contribution in [2.75, 3.05) is 13.7 Å². The number of carbonyl (C=O) groups excluding carboxylic acids is 2. The Morgan fingerprint density at radius 2 is 2.14 bits per heavy atom. The van der Waals surface area contributed by atoms with Gasteiger partial charge in [-0.3, -0.25) is 9.79 Å². The highest BCUT2D eigenvalue weighted by atomic mass is 35.5. The Labute approximate surface area is 249 Å². The smallest absolute Gasteiger partial charge is 0.338 e. The normalized spacial score (nSPS) is 18.0. The molecule has 1 aliphatic heterocycles. The number of fused-ring (bicyclic) bond motifs is 1. The second-order valence-electron chi connectivity index (χ2n) is 9.71. The number of nitriles is 1. The number of aromatic nitrogens is 2. The van der Waals surface area contributed by atoms with Crippen LogP contribution in [0.1, 0.15) is 53.2 Å². The molecular weight excluding hydrogens is 588 g/mol. The third-order valence-electron chi connectivity index (χ3n) is 7.34. The number of aliphatic imine (C=N–C) groups is 1. The van der Waals surface area contributed by atoms with Crippen LogP contribution in [0.3, 0.4) is 0 Å². The van der Waals surface area contributed by atoms with Gasteiger partial charge in [-0.05, 0) is 43.4 Å². The number of halogens is 3. The molecule has 2 aliphatic rings. The van der Waals surface area contributed by atoms with Gasteiger partial charge in [-0.1, -0.05) is 17.7 Å². The molecule has 0 fully saturated rings. The maximum absolute atomic E-state index is 14.6. The van der Waals surface area contributed by atoms with Gasteiger partial charge in [0.05, 0.1) is 30.7 Å². The van der Waals surface area contributed by atoms with Crippen molar-refractivity contribution in [3.8, 4) is 6.07 Å². The van der Waals surface area contributed by atoms with Crippen LogP contribution < -0.4 is 5.32 Å². The van der Waals surface area contributed by atoms with Gasteiger partial charge in [0.25, 0.3) is 0 Å². The minimum Gasteiger partial charge on any atom is -0.469 e. The molecule has 0 saturated carbocycles. The summed E-state index contributed by atoms with van der Waals surface area (Å²) >= 11 is 7.62. The number of esters is 2. The van der Waals surface area contributed by atoms with Crippen molar-refractivity contribution in [1.82, 2.24) is 14.9 Å². The fourth-order valence-corrected chi connectivity index (χ4v) is 6.26. The number of nitrogens with zero attached hydrogens (tertiary/aromatic N) is 4. The number of hydrogen-bond donors (Lipinski definition) is 1. The van der Waals surface area contributed by atoms with E-state index in [1.807, 2.05) is 6.20 Å². The van der Waals surface area contributed by atoms with Crippen molar-refractivity contribution in [3.05, 3.63) is 85.2 Å². The van der Waals surface area contributed by atoms with Gasteiger partial charge in [0.15, 0.2) is 22.5 Å². The van der Waals surface area contributed by atoms with Crippen LogP contribution in [0.2, 0.25) is 5.02 Å². The van der Waals surface area contributed by atoms with E-state index in [0.29, 0.717) is 48.0 Å². The summed E-state index contributed by atoms with van der Waals surface area (Å²) in [5.74, 6) is -3.28. The average Bonchev–Trinajstić information content (AvgIpc) is 3.66.